The van der Waals surface area contributed by atoms with Crippen molar-refractivity contribution in [3.8, 4) is 0 Å². The third-order valence-electron chi connectivity index (χ3n) is 2.78. The van der Waals surface area contributed by atoms with E-state index >= 15 is 0 Å². The van der Waals surface area contributed by atoms with Gasteiger partial charge in [-0.15, -0.1) is 0 Å². The highest BCUT2D eigenvalue weighted by Crippen LogP contribution is 2.20. The van der Waals surface area contributed by atoms with Crippen molar-refractivity contribution < 1.29 is 14.3 Å². The Balaban J connectivity index is 2.50. The van der Waals surface area contributed by atoms with E-state index in [1.165, 1.54) is 0 Å². The van der Waals surface area contributed by atoms with Gasteiger partial charge in [0, 0.05) is 39.3 Å². The molecule has 0 unspecified atom stereocenters. The Morgan fingerprint density at radius 2 is 1.95 bits per heavy atom. The van der Waals surface area contributed by atoms with E-state index in [0.29, 0.717) is 19.5 Å². The Kier molecular flexibility index (Phi) is 4.97. The van der Waals surface area contributed by atoms with Gasteiger partial charge in [-0.25, -0.2) is 4.79 Å². The van der Waals surface area contributed by atoms with Gasteiger partial charge in [0.25, 0.3) is 0 Å². The molecule has 0 N–H and O–H groups in total. The fraction of sp³-hybridized carbons (Fsp3) is 0.714. The van der Waals surface area contributed by atoms with E-state index in [0.717, 1.165) is 0 Å². The highest BCUT2D eigenvalue weighted by molar-refractivity contribution is 5.92. The summed E-state index contributed by atoms with van der Waals surface area (Å²) in [5.41, 5.74) is -0.496. The van der Waals surface area contributed by atoms with Crippen molar-refractivity contribution in [2.75, 3.05) is 27.2 Å². The van der Waals surface area contributed by atoms with E-state index in [4.69, 9.17) is 4.74 Å². The molecule has 0 aromatic carbocycles. The number of likely N-dealkylation sites (tertiary alicyclic amines) is 1. The number of carbonyl (C=O) groups is 2. The maximum atomic E-state index is 11.9. The zero-order valence-electron chi connectivity index (χ0n) is 12.5. The van der Waals surface area contributed by atoms with Gasteiger partial charge in [0.1, 0.15) is 5.60 Å². The van der Waals surface area contributed by atoms with Crippen molar-refractivity contribution in [3.05, 3.63) is 12.3 Å². The summed E-state index contributed by atoms with van der Waals surface area (Å²) in [6, 6.07) is 0. The van der Waals surface area contributed by atoms with Crippen LogP contribution in [-0.2, 0) is 9.53 Å². The summed E-state index contributed by atoms with van der Waals surface area (Å²) < 4.78 is 5.30. The maximum Gasteiger partial charge on any atom is 0.410 e. The van der Waals surface area contributed by atoms with E-state index in [1.54, 1.807) is 17.2 Å². The van der Waals surface area contributed by atoms with Crippen LogP contribution in [-0.4, -0.2) is 54.5 Å². The lowest BCUT2D eigenvalue weighted by Crippen LogP contribution is -2.35. The summed E-state index contributed by atoms with van der Waals surface area (Å²) in [4.78, 5) is 27.2. The number of rotatable bonds is 3. The summed E-state index contributed by atoms with van der Waals surface area (Å²) >= 11 is 0. The first-order chi connectivity index (χ1) is 8.69. The molecule has 19 heavy (non-hydrogen) atoms. The normalized spacial score (nSPS) is 19.8. The van der Waals surface area contributed by atoms with Crippen LogP contribution in [0.5, 0.6) is 0 Å². The Morgan fingerprint density at radius 1 is 1.32 bits per heavy atom. The van der Waals surface area contributed by atoms with Crippen LogP contribution in [0.15, 0.2) is 12.3 Å². The Labute approximate surface area is 115 Å². The molecule has 1 aliphatic rings. The minimum atomic E-state index is -0.496. The molecule has 0 aromatic heterocycles. The Hall–Kier alpha value is -1.52. The van der Waals surface area contributed by atoms with Crippen LogP contribution in [0.2, 0.25) is 0 Å². The number of hydrogen-bond acceptors (Lipinski definition) is 4. The molecule has 0 spiro atoms. The van der Waals surface area contributed by atoms with Crippen molar-refractivity contribution >= 4 is 11.9 Å². The molecule has 5 nitrogen and oxygen atoms in total. The minimum absolute atomic E-state index is 0.0692. The second-order valence-corrected chi connectivity index (χ2v) is 6.09. The smallest absolute Gasteiger partial charge is 0.410 e. The van der Waals surface area contributed by atoms with E-state index in [9.17, 15) is 9.59 Å². The summed E-state index contributed by atoms with van der Waals surface area (Å²) in [6.07, 6.45) is 3.68. The van der Waals surface area contributed by atoms with Gasteiger partial charge < -0.3 is 14.5 Å². The standard InChI is InChI=1S/C14H24N2O3/c1-14(2,3)19-13(18)16-9-6-11(10-16)12(17)7-8-15(4)5/h7-8,11H,6,9-10H2,1-5H3/b8-7-/t11-/m0/s1. The highest BCUT2D eigenvalue weighted by Gasteiger charge is 2.32. The van der Waals surface area contributed by atoms with Gasteiger partial charge in [-0.05, 0) is 33.3 Å². The van der Waals surface area contributed by atoms with Gasteiger partial charge in [-0.3, -0.25) is 4.79 Å². The lowest BCUT2D eigenvalue weighted by Gasteiger charge is -2.24. The fourth-order valence-electron chi connectivity index (χ4n) is 1.84. The first-order valence-electron chi connectivity index (χ1n) is 6.55. The first-order valence-corrected chi connectivity index (χ1v) is 6.55. The number of nitrogens with zero attached hydrogens (tertiary/aromatic N) is 2. The monoisotopic (exact) mass is 268 g/mol. The molecule has 1 atom stereocenters. The van der Waals surface area contributed by atoms with Crippen LogP contribution in [0, 0.1) is 5.92 Å². The van der Waals surface area contributed by atoms with Gasteiger partial charge in [0.05, 0.1) is 0 Å². The second kappa shape index (κ2) is 6.08. The van der Waals surface area contributed by atoms with Crippen molar-refractivity contribution in [2.45, 2.75) is 32.8 Å². The topological polar surface area (TPSA) is 49.9 Å². The molecule has 0 saturated carbocycles. The third kappa shape index (κ3) is 5.32. The van der Waals surface area contributed by atoms with Gasteiger partial charge in [-0.1, -0.05) is 0 Å². The van der Waals surface area contributed by atoms with Gasteiger partial charge in [0.15, 0.2) is 5.78 Å². The van der Waals surface area contributed by atoms with Gasteiger partial charge >= 0.3 is 6.09 Å². The number of carbonyl (C=O) groups excluding carboxylic acids is 2. The van der Waals surface area contributed by atoms with Crippen LogP contribution >= 0.6 is 0 Å². The highest BCUT2D eigenvalue weighted by atomic mass is 16.6. The first kappa shape index (κ1) is 15.5. The zero-order chi connectivity index (χ0) is 14.6. The van der Waals surface area contributed by atoms with Crippen LogP contribution in [0.1, 0.15) is 27.2 Å². The molecular formula is C14H24N2O3. The maximum absolute atomic E-state index is 11.9. The summed E-state index contributed by atoms with van der Waals surface area (Å²) in [5, 5.41) is 0. The summed E-state index contributed by atoms with van der Waals surface area (Å²) in [6.45, 7) is 6.54. The van der Waals surface area contributed by atoms with Crippen molar-refractivity contribution in [1.82, 2.24) is 9.80 Å². The average Bonchev–Trinajstić information content (AvgIpc) is 2.72. The van der Waals surface area contributed by atoms with E-state index in [-0.39, 0.29) is 17.8 Å². The second-order valence-electron chi connectivity index (χ2n) is 6.09. The molecule has 108 valence electrons. The molecule has 0 aliphatic carbocycles. The van der Waals surface area contributed by atoms with Gasteiger partial charge in [0.2, 0.25) is 0 Å². The summed E-state index contributed by atoms with van der Waals surface area (Å²) in [7, 11) is 3.73. The van der Waals surface area contributed by atoms with Crippen molar-refractivity contribution in [3.63, 3.8) is 0 Å². The number of allylic oxidation sites excluding steroid dienone is 1. The fourth-order valence-corrected chi connectivity index (χ4v) is 1.84. The molecule has 0 radical (unpaired) electrons. The Morgan fingerprint density at radius 3 is 2.47 bits per heavy atom. The van der Waals surface area contributed by atoms with Crippen LogP contribution < -0.4 is 0 Å². The largest absolute Gasteiger partial charge is 0.444 e. The molecule has 0 aromatic rings. The third-order valence-corrected chi connectivity index (χ3v) is 2.78. The quantitative estimate of drug-likeness (QED) is 0.733. The van der Waals surface area contributed by atoms with Crippen LogP contribution in [0.4, 0.5) is 4.79 Å². The van der Waals surface area contributed by atoms with Gasteiger partial charge in [-0.2, -0.15) is 0 Å². The molecule has 1 saturated heterocycles. The van der Waals surface area contributed by atoms with E-state index in [2.05, 4.69) is 0 Å². The predicted octanol–water partition coefficient (Wildman–Crippen LogP) is 1.89. The summed E-state index contributed by atoms with van der Waals surface area (Å²) in [5.74, 6) is -0.0384. The van der Waals surface area contributed by atoms with E-state index < -0.39 is 5.60 Å². The molecule has 1 heterocycles. The SMILES string of the molecule is CN(C)/C=C\C(=O)[C@H]1CCN(C(=O)OC(C)(C)C)C1. The Bertz CT molecular complexity index is 369. The lowest BCUT2D eigenvalue weighted by atomic mass is 10.0. The number of amides is 1. The van der Waals surface area contributed by atoms with E-state index in [1.807, 2.05) is 39.8 Å². The number of ketones is 1. The molecule has 1 amide bonds. The average molecular weight is 268 g/mol. The molecule has 0 bridgehead atoms. The predicted molar refractivity (Wildman–Crippen MR) is 73.7 cm³/mol. The molecule has 1 fully saturated rings. The molecular weight excluding hydrogens is 244 g/mol. The van der Waals surface area contributed by atoms with Crippen molar-refractivity contribution in [1.29, 1.82) is 0 Å². The van der Waals surface area contributed by atoms with Crippen LogP contribution in [0.25, 0.3) is 0 Å². The van der Waals surface area contributed by atoms with Crippen LogP contribution in [0.3, 0.4) is 0 Å². The van der Waals surface area contributed by atoms with Crippen molar-refractivity contribution in [2.24, 2.45) is 5.92 Å². The molecule has 1 aliphatic heterocycles. The molecule has 5 heteroatoms. The molecule has 1 rings (SSSR count). The number of ether oxygens (including phenoxy) is 1. The minimum Gasteiger partial charge on any atom is -0.444 e. The zero-order valence-corrected chi connectivity index (χ0v) is 12.5. The lowest BCUT2D eigenvalue weighted by molar-refractivity contribution is -0.117. The number of hydrogen-bond donors (Lipinski definition) is 0.